The van der Waals surface area contributed by atoms with Crippen LogP contribution in [-0.2, 0) is 9.53 Å². The van der Waals surface area contributed by atoms with E-state index < -0.39 is 0 Å². The second-order valence-corrected chi connectivity index (χ2v) is 7.53. The Labute approximate surface area is 154 Å². The molecule has 3 saturated heterocycles. The molecule has 2 aromatic carbocycles. The molecule has 3 aliphatic heterocycles. The zero-order valence-corrected chi connectivity index (χ0v) is 15.1. The number of carbonyl (C=O) groups is 1. The van der Waals surface area contributed by atoms with E-state index in [0.29, 0.717) is 11.8 Å². The Morgan fingerprint density at radius 2 is 2.23 bits per heavy atom. The number of nitrogens with zero attached hydrogens (tertiary/aromatic N) is 1. The second-order valence-electron chi connectivity index (χ2n) is 7.53. The number of phenols is 1. The van der Waals surface area contributed by atoms with Crippen molar-refractivity contribution in [2.75, 3.05) is 13.1 Å². The van der Waals surface area contributed by atoms with E-state index in [1.54, 1.807) is 12.1 Å². The number of esters is 1. The Kier molecular flexibility index (Phi) is 4.45. The number of phenolic OH excluding ortho intramolecular Hbond substituents is 1. The number of hydrogen-bond acceptors (Lipinski definition) is 4. The van der Waals surface area contributed by atoms with Gasteiger partial charge in [0.15, 0.2) is 0 Å². The lowest BCUT2D eigenvalue weighted by Crippen LogP contribution is -2.55. The Morgan fingerprint density at radius 1 is 1.38 bits per heavy atom. The fraction of sp³-hybridized carbons (Fsp3) is 0.409. The fourth-order valence-corrected chi connectivity index (χ4v) is 4.75. The number of aromatic hydroxyl groups is 1. The maximum atomic E-state index is 11.9. The van der Waals surface area contributed by atoms with Gasteiger partial charge in [0.25, 0.3) is 0 Å². The van der Waals surface area contributed by atoms with E-state index in [1.165, 1.54) is 13.3 Å². The van der Waals surface area contributed by atoms with Crippen molar-refractivity contribution in [1.82, 2.24) is 4.90 Å². The van der Waals surface area contributed by atoms with Gasteiger partial charge < -0.3 is 9.84 Å². The van der Waals surface area contributed by atoms with Crippen LogP contribution in [0.1, 0.15) is 31.4 Å². The van der Waals surface area contributed by atoms with Gasteiger partial charge in [0, 0.05) is 19.0 Å². The molecule has 0 aliphatic carbocycles. The van der Waals surface area contributed by atoms with E-state index in [4.69, 9.17) is 4.74 Å². The van der Waals surface area contributed by atoms with Crippen molar-refractivity contribution in [2.24, 2.45) is 11.8 Å². The first kappa shape index (κ1) is 17.1. The van der Waals surface area contributed by atoms with Gasteiger partial charge in [0.2, 0.25) is 0 Å². The normalized spacial score (nSPS) is 28.7. The van der Waals surface area contributed by atoms with E-state index in [0.717, 1.165) is 35.8 Å². The molecule has 4 nitrogen and oxygen atoms in total. The van der Waals surface area contributed by atoms with E-state index in [-0.39, 0.29) is 23.9 Å². The van der Waals surface area contributed by atoms with Crippen molar-refractivity contribution in [1.29, 1.82) is 0 Å². The molecule has 4 unspecified atom stereocenters. The first-order chi connectivity index (χ1) is 12.6. The quantitative estimate of drug-likeness (QED) is 0.667. The molecular weight excluding hydrogens is 326 g/mol. The number of carbonyl (C=O) groups excluding carboxylic acids is 1. The summed E-state index contributed by atoms with van der Waals surface area (Å²) in [7, 11) is 0. The van der Waals surface area contributed by atoms with Gasteiger partial charge in [-0.05, 0) is 54.1 Å². The van der Waals surface area contributed by atoms with Crippen LogP contribution in [0, 0.1) is 11.8 Å². The molecule has 0 aromatic heterocycles. The molecule has 0 spiro atoms. The Morgan fingerprint density at radius 3 is 2.92 bits per heavy atom. The third kappa shape index (κ3) is 2.99. The summed E-state index contributed by atoms with van der Waals surface area (Å²) in [5, 5.41) is 12.0. The maximum Gasteiger partial charge on any atom is 0.303 e. The molecule has 2 bridgehead atoms. The number of rotatable bonds is 4. The lowest BCUT2D eigenvalue weighted by atomic mass is 9.73. The van der Waals surface area contributed by atoms with Crippen molar-refractivity contribution in [3.8, 4) is 5.75 Å². The summed E-state index contributed by atoms with van der Waals surface area (Å²) in [6.45, 7) is 7.48. The van der Waals surface area contributed by atoms with Crippen LogP contribution < -0.4 is 0 Å². The van der Waals surface area contributed by atoms with Crippen LogP contribution >= 0.6 is 0 Å². The zero-order chi connectivity index (χ0) is 18.3. The Hall–Kier alpha value is -2.33. The summed E-state index contributed by atoms with van der Waals surface area (Å²) >= 11 is 0. The van der Waals surface area contributed by atoms with Gasteiger partial charge in [-0.1, -0.05) is 30.3 Å². The SMILES string of the molecule is C=CC1CN2CCC1CC2[C@H](OC(C)=O)c1cccc2ccc(O)cc12. The van der Waals surface area contributed by atoms with Gasteiger partial charge in [-0.25, -0.2) is 0 Å². The third-order valence-electron chi connectivity index (χ3n) is 6.00. The van der Waals surface area contributed by atoms with Crippen molar-refractivity contribution < 1.29 is 14.6 Å². The highest BCUT2D eigenvalue weighted by atomic mass is 16.5. The lowest BCUT2D eigenvalue weighted by molar-refractivity contribution is -0.154. The predicted octanol–water partition coefficient (Wildman–Crippen LogP) is 4.05. The van der Waals surface area contributed by atoms with Crippen LogP contribution in [0.15, 0.2) is 49.1 Å². The Bertz CT molecular complexity index is 846. The molecule has 0 radical (unpaired) electrons. The lowest BCUT2D eigenvalue weighted by Gasteiger charge is -2.51. The van der Waals surface area contributed by atoms with Gasteiger partial charge in [0.1, 0.15) is 11.9 Å². The minimum atomic E-state index is -0.327. The molecule has 2 aromatic rings. The second kappa shape index (κ2) is 6.76. The van der Waals surface area contributed by atoms with Crippen molar-refractivity contribution in [2.45, 2.75) is 31.9 Å². The van der Waals surface area contributed by atoms with E-state index in [1.807, 2.05) is 24.3 Å². The summed E-state index contributed by atoms with van der Waals surface area (Å²) in [6.07, 6.45) is 3.93. The van der Waals surface area contributed by atoms with Gasteiger partial charge in [0.05, 0.1) is 6.04 Å². The summed E-state index contributed by atoms with van der Waals surface area (Å²) in [4.78, 5) is 14.3. The van der Waals surface area contributed by atoms with Crippen LogP contribution in [-0.4, -0.2) is 35.1 Å². The molecular formula is C22H25NO3. The first-order valence-corrected chi connectivity index (χ1v) is 9.32. The molecule has 4 heteroatoms. The average molecular weight is 351 g/mol. The molecule has 1 N–H and O–H groups in total. The minimum absolute atomic E-state index is 0.168. The molecule has 136 valence electrons. The number of ether oxygens (including phenoxy) is 1. The summed E-state index contributed by atoms with van der Waals surface area (Å²) in [5.41, 5.74) is 0.973. The molecule has 3 heterocycles. The topological polar surface area (TPSA) is 49.8 Å². The molecule has 0 amide bonds. The van der Waals surface area contributed by atoms with E-state index in [2.05, 4.69) is 17.6 Å². The first-order valence-electron chi connectivity index (χ1n) is 9.32. The summed E-state index contributed by atoms with van der Waals surface area (Å²) in [6, 6.07) is 11.6. The van der Waals surface area contributed by atoms with Crippen LogP contribution in [0.5, 0.6) is 5.75 Å². The van der Waals surface area contributed by atoms with Crippen molar-refractivity contribution >= 4 is 16.7 Å². The van der Waals surface area contributed by atoms with Gasteiger partial charge in [-0.15, -0.1) is 6.58 Å². The van der Waals surface area contributed by atoms with Gasteiger partial charge >= 0.3 is 5.97 Å². The molecule has 0 saturated carbocycles. The minimum Gasteiger partial charge on any atom is -0.508 e. The molecule has 5 rings (SSSR count). The molecule has 26 heavy (non-hydrogen) atoms. The van der Waals surface area contributed by atoms with Crippen LogP contribution in [0.3, 0.4) is 0 Å². The number of piperidine rings is 3. The molecule has 3 fully saturated rings. The maximum absolute atomic E-state index is 11.9. The smallest absolute Gasteiger partial charge is 0.303 e. The van der Waals surface area contributed by atoms with E-state index >= 15 is 0 Å². The van der Waals surface area contributed by atoms with Crippen LogP contribution in [0.2, 0.25) is 0 Å². The summed E-state index contributed by atoms with van der Waals surface area (Å²) < 4.78 is 5.86. The third-order valence-corrected chi connectivity index (χ3v) is 6.00. The van der Waals surface area contributed by atoms with Crippen molar-refractivity contribution in [3.63, 3.8) is 0 Å². The number of benzene rings is 2. The standard InChI is InChI=1S/C22H25NO3/c1-3-15-13-23-10-9-17(15)11-21(23)22(26-14(2)24)19-6-4-5-16-7-8-18(25)12-20(16)19/h3-8,12,15,17,21-22,25H,1,9-11,13H2,2H3/t15?,17?,21?,22-/m1/s1. The largest absolute Gasteiger partial charge is 0.508 e. The molecule has 5 atom stereocenters. The fourth-order valence-electron chi connectivity index (χ4n) is 4.75. The highest BCUT2D eigenvalue weighted by Gasteiger charge is 2.44. The predicted molar refractivity (Wildman–Crippen MR) is 102 cm³/mol. The highest BCUT2D eigenvalue weighted by Crippen LogP contribution is 2.43. The number of hydrogen-bond donors (Lipinski definition) is 1. The van der Waals surface area contributed by atoms with Gasteiger partial charge in [-0.2, -0.15) is 0 Å². The average Bonchev–Trinajstić information content (AvgIpc) is 2.65. The molecule has 3 aliphatic rings. The van der Waals surface area contributed by atoms with Crippen LogP contribution in [0.4, 0.5) is 0 Å². The Balaban J connectivity index is 1.76. The highest BCUT2D eigenvalue weighted by molar-refractivity contribution is 5.87. The zero-order valence-electron chi connectivity index (χ0n) is 15.1. The number of fused-ring (bicyclic) bond motifs is 4. The summed E-state index contributed by atoms with van der Waals surface area (Å²) in [5.74, 6) is 1.08. The van der Waals surface area contributed by atoms with Crippen LogP contribution in [0.25, 0.3) is 10.8 Å². The van der Waals surface area contributed by atoms with Crippen molar-refractivity contribution in [3.05, 3.63) is 54.6 Å². The van der Waals surface area contributed by atoms with Gasteiger partial charge in [-0.3, -0.25) is 9.69 Å². The van der Waals surface area contributed by atoms with E-state index in [9.17, 15) is 9.90 Å². The monoisotopic (exact) mass is 351 g/mol.